The van der Waals surface area contributed by atoms with E-state index in [1.807, 2.05) is 6.92 Å². The maximum atomic E-state index is 6.21. The van der Waals surface area contributed by atoms with E-state index in [2.05, 4.69) is 24.4 Å². The van der Waals surface area contributed by atoms with E-state index in [4.69, 9.17) is 16.3 Å². The van der Waals surface area contributed by atoms with Crippen LogP contribution in [0.5, 0.6) is 5.75 Å². The van der Waals surface area contributed by atoms with E-state index in [1.165, 1.54) is 24.8 Å². The van der Waals surface area contributed by atoms with E-state index in [9.17, 15) is 0 Å². The Kier molecular flexibility index (Phi) is 4.90. The summed E-state index contributed by atoms with van der Waals surface area (Å²) in [6.07, 6.45) is 4.82. The first-order valence-corrected chi connectivity index (χ1v) is 7.26. The Hall–Kier alpha value is -0.730. The minimum atomic E-state index is 0.392. The van der Waals surface area contributed by atoms with E-state index in [0.29, 0.717) is 6.04 Å². The monoisotopic (exact) mass is 267 g/mol. The minimum absolute atomic E-state index is 0.392. The number of fused-ring (bicyclic) bond motifs is 1. The van der Waals surface area contributed by atoms with Crippen molar-refractivity contribution in [3.8, 4) is 5.75 Å². The second-order valence-electron chi connectivity index (χ2n) is 4.99. The topological polar surface area (TPSA) is 21.3 Å². The summed E-state index contributed by atoms with van der Waals surface area (Å²) in [5.74, 6) is 0.996. The lowest BCUT2D eigenvalue weighted by molar-refractivity contribution is 0.252. The van der Waals surface area contributed by atoms with Gasteiger partial charge in [-0.3, -0.25) is 0 Å². The Morgan fingerprint density at radius 3 is 3.00 bits per heavy atom. The molecule has 2 rings (SSSR count). The van der Waals surface area contributed by atoms with Crippen molar-refractivity contribution in [3.05, 3.63) is 28.3 Å². The van der Waals surface area contributed by atoms with Gasteiger partial charge in [0, 0.05) is 23.0 Å². The summed E-state index contributed by atoms with van der Waals surface area (Å²) in [5, 5.41) is 4.45. The average Bonchev–Trinajstić information content (AvgIpc) is 2.36. The molecule has 0 bridgehead atoms. The second kappa shape index (κ2) is 6.44. The molecule has 2 nitrogen and oxygen atoms in total. The van der Waals surface area contributed by atoms with E-state index in [0.717, 1.165) is 35.9 Å². The van der Waals surface area contributed by atoms with Crippen molar-refractivity contribution < 1.29 is 4.74 Å². The SMILES string of the molecule is CCCCCNC1CCOc2cc(C)c(Cl)cc21. The molecule has 1 aliphatic rings. The number of rotatable bonds is 5. The number of hydrogen-bond acceptors (Lipinski definition) is 2. The Bertz CT molecular complexity index is 406. The first-order chi connectivity index (χ1) is 8.72. The fourth-order valence-corrected chi connectivity index (χ4v) is 2.55. The first kappa shape index (κ1) is 13.7. The van der Waals surface area contributed by atoms with E-state index in [-0.39, 0.29) is 0 Å². The first-order valence-electron chi connectivity index (χ1n) is 6.88. The molecule has 0 aliphatic carbocycles. The van der Waals surface area contributed by atoms with Gasteiger partial charge in [-0.05, 0) is 37.6 Å². The molecular weight excluding hydrogens is 246 g/mol. The van der Waals surface area contributed by atoms with Gasteiger partial charge in [0.05, 0.1) is 6.61 Å². The van der Waals surface area contributed by atoms with Crippen LogP contribution >= 0.6 is 11.6 Å². The van der Waals surface area contributed by atoms with Crippen LogP contribution in [0.2, 0.25) is 5.02 Å². The van der Waals surface area contributed by atoms with Crippen molar-refractivity contribution in [2.24, 2.45) is 0 Å². The minimum Gasteiger partial charge on any atom is -0.493 e. The fraction of sp³-hybridized carbons (Fsp3) is 0.600. The maximum Gasteiger partial charge on any atom is 0.124 e. The van der Waals surface area contributed by atoms with E-state index < -0.39 is 0 Å². The molecule has 0 saturated carbocycles. The lowest BCUT2D eigenvalue weighted by Crippen LogP contribution is -2.28. The zero-order valence-electron chi connectivity index (χ0n) is 11.3. The smallest absolute Gasteiger partial charge is 0.124 e. The van der Waals surface area contributed by atoms with Gasteiger partial charge in [0.15, 0.2) is 0 Å². The molecule has 1 aromatic carbocycles. The molecule has 1 N–H and O–H groups in total. The summed E-state index contributed by atoms with van der Waals surface area (Å²) >= 11 is 6.21. The lowest BCUT2D eigenvalue weighted by atomic mass is 9.99. The summed E-state index contributed by atoms with van der Waals surface area (Å²) in [7, 11) is 0. The highest BCUT2D eigenvalue weighted by molar-refractivity contribution is 6.31. The highest BCUT2D eigenvalue weighted by atomic mass is 35.5. The van der Waals surface area contributed by atoms with Gasteiger partial charge in [-0.2, -0.15) is 0 Å². The largest absolute Gasteiger partial charge is 0.493 e. The van der Waals surface area contributed by atoms with E-state index in [1.54, 1.807) is 0 Å². The van der Waals surface area contributed by atoms with Crippen molar-refractivity contribution in [1.82, 2.24) is 5.32 Å². The Morgan fingerprint density at radius 2 is 2.22 bits per heavy atom. The Morgan fingerprint density at radius 1 is 1.39 bits per heavy atom. The predicted octanol–water partition coefficient (Wildman–Crippen LogP) is 4.25. The van der Waals surface area contributed by atoms with Gasteiger partial charge in [0.2, 0.25) is 0 Å². The molecule has 1 aliphatic heterocycles. The lowest BCUT2D eigenvalue weighted by Gasteiger charge is -2.27. The third-order valence-corrected chi connectivity index (χ3v) is 3.91. The van der Waals surface area contributed by atoms with Gasteiger partial charge in [-0.1, -0.05) is 31.4 Å². The molecular formula is C15H22ClNO. The third-order valence-electron chi connectivity index (χ3n) is 3.50. The number of hydrogen-bond donors (Lipinski definition) is 1. The van der Waals surface area contributed by atoms with Gasteiger partial charge in [0.1, 0.15) is 5.75 Å². The molecule has 0 saturated heterocycles. The number of unbranched alkanes of at least 4 members (excludes halogenated alkanes) is 2. The molecule has 0 amide bonds. The second-order valence-corrected chi connectivity index (χ2v) is 5.40. The van der Waals surface area contributed by atoms with Crippen LogP contribution in [-0.2, 0) is 0 Å². The summed E-state index contributed by atoms with van der Waals surface area (Å²) in [6.45, 7) is 6.11. The molecule has 0 fully saturated rings. The quantitative estimate of drug-likeness (QED) is 0.805. The molecule has 1 aromatic rings. The Balaban J connectivity index is 2.05. The molecule has 1 unspecified atom stereocenters. The van der Waals surface area contributed by atoms with Crippen molar-refractivity contribution in [3.63, 3.8) is 0 Å². The van der Waals surface area contributed by atoms with Gasteiger partial charge in [0.25, 0.3) is 0 Å². The predicted molar refractivity (Wildman–Crippen MR) is 76.6 cm³/mol. The molecule has 0 radical (unpaired) electrons. The maximum absolute atomic E-state index is 6.21. The highest BCUT2D eigenvalue weighted by Gasteiger charge is 2.21. The van der Waals surface area contributed by atoms with Gasteiger partial charge in [-0.25, -0.2) is 0 Å². The van der Waals surface area contributed by atoms with Crippen LogP contribution in [0.25, 0.3) is 0 Å². The van der Waals surface area contributed by atoms with Crippen molar-refractivity contribution in [2.45, 2.75) is 45.6 Å². The van der Waals surface area contributed by atoms with Crippen LogP contribution < -0.4 is 10.1 Å². The van der Waals surface area contributed by atoms with Crippen LogP contribution in [-0.4, -0.2) is 13.2 Å². The van der Waals surface area contributed by atoms with Gasteiger partial charge >= 0.3 is 0 Å². The summed E-state index contributed by atoms with van der Waals surface area (Å²) < 4.78 is 5.72. The number of benzene rings is 1. The van der Waals surface area contributed by atoms with E-state index >= 15 is 0 Å². The number of ether oxygens (including phenoxy) is 1. The van der Waals surface area contributed by atoms with Gasteiger partial charge in [-0.15, -0.1) is 0 Å². The van der Waals surface area contributed by atoms with Crippen molar-refractivity contribution in [2.75, 3.05) is 13.2 Å². The van der Waals surface area contributed by atoms with Crippen molar-refractivity contribution in [1.29, 1.82) is 0 Å². The summed E-state index contributed by atoms with van der Waals surface area (Å²) in [5.41, 5.74) is 2.30. The number of nitrogens with one attached hydrogen (secondary N) is 1. The zero-order chi connectivity index (χ0) is 13.0. The zero-order valence-corrected chi connectivity index (χ0v) is 12.0. The van der Waals surface area contributed by atoms with Crippen LogP contribution in [0.3, 0.4) is 0 Å². The molecule has 0 spiro atoms. The highest BCUT2D eigenvalue weighted by Crippen LogP contribution is 2.35. The van der Waals surface area contributed by atoms with Crippen LogP contribution in [0.1, 0.15) is 49.8 Å². The third kappa shape index (κ3) is 3.18. The van der Waals surface area contributed by atoms with Gasteiger partial charge < -0.3 is 10.1 Å². The van der Waals surface area contributed by atoms with Crippen molar-refractivity contribution >= 4 is 11.6 Å². The normalized spacial score (nSPS) is 18.3. The standard InChI is InChI=1S/C15H22ClNO/c1-3-4-5-7-17-14-6-8-18-15-9-11(2)13(16)10-12(14)15/h9-10,14,17H,3-8H2,1-2H3. The van der Waals surface area contributed by atoms with Crippen LogP contribution in [0.4, 0.5) is 0 Å². The van der Waals surface area contributed by atoms with Crippen LogP contribution in [0.15, 0.2) is 12.1 Å². The molecule has 1 heterocycles. The molecule has 3 heteroatoms. The average molecular weight is 268 g/mol. The molecule has 100 valence electrons. The summed E-state index contributed by atoms with van der Waals surface area (Å²) in [4.78, 5) is 0. The number of halogens is 1. The summed E-state index contributed by atoms with van der Waals surface area (Å²) in [6, 6.07) is 4.50. The molecule has 18 heavy (non-hydrogen) atoms. The number of aryl methyl sites for hydroxylation is 1. The molecule has 1 atom stereocenters. The Labute approximate surface area is 115 Å². The van der Waals surface area contributed by atoms with Crippen LogP contribution in [0, 0.1) is 6.92 Å². The molecule has 0 aromatic heterocycles. The fourth-order valence-electron chi connectivity index (χ4n) is 2.37.